The highest BCUT2D eigenvalue weighted by Gasteiger charge is 2.24. The van der Waals surface area contributed by atoms with Gasteiger partial charge in [0.05, 0.1) is 6.61 Å². The molecule has 2 aliphatic rings. The molecule has 0 bridgehead atoms. The first-order valence-corrected chi connectivity index (χ1v) is 9.84. The van der Waals surface area contributed by atoms with Gasteiger partial charge in [-0.25, -0.2) is 4.98 Å². The van der Waals surface area contributed by atoms with Crippen LogP contribution >= 0.6 is 24.0 Å². The summed E-state index contributed by atoms with van der Waals surface area (Å²) in [5.74, 6) is 2.29. The lowest BCUT2D eigenvalue weighted by Crippen LogP contribution is -2.39. The fraction of sp³-hybridized carbons (Fsp3) is 0.700. The molecule has 0 spiro atoms. The summed E-state index contributed by atoms with van der Waals surface area (Å²) >= 11 is 0. The van der Waals surface area contributed by atoms with E-state index in [4.69, 9.17) is 9.47 Å². The number of pyridine rings is 1. The van der Waals surface area contributed by atoms with Crippen molar-refractivity contribution in [2.45, 2.75) is 51.2 Å². The van der Waals surface area contributed by atoms with Crippen LogP contribution in [0.4, 0.5) is 0 Å². The Balaban J connectivity index is 0.00000261. The summed E-state index contributed by atoms with van der Waals surface area (Å²) in [6.45, 7) is 3.57. The van der Waals surface area contributed by atoms with Crippen molar-refractivity contribution >= 4 is 29.9 Å². The third kappa shape index (κ3) is 6.78. The molecule has 1 saturated heterocycles. The lowest BCUT2D eigenvalue weighted by molar-refractivity contribution is 0.148. The van der Waals surface area contributed by atoms with Crippen LogP contribution in [-0.4, -0.2) is 55.8 Å². The molecule has 0 aromatic carbocycles. The topological polar surface area (TPSA) is 59.0 Å². The van der Waals surface area contributed by atoms with E-state index >= 15 is 0 Å². The molecule has 0 radical (unpaired) electrons. The summed E-state index contributed by atoms with van der Waals surface area (Å²) in [4.78, 5) is 11.1. The zero-order valence-electron chi connectivity index (χ0n) is 16.5. The van der Waals surface area contributed by atoms with E-state index in [-0.39, 0.29) is 24.0 Å². The zero-order chi connectivity index (χ0) is 18.2. The maximum absolute atomic E-state index is 6.08. The number of guanidine groups is 1. The molecule has 1 aliphatic heterocycles. The van der Waals surface area contributed by atoms with Gasteiger partial charge >= 0.3 is 0 Å². The minimum atomic E-state index is 0. The summed E-state index contributed by atoms with van der Waals surface area (Å²) < 4.78 is 11.4. The number of hydrogen-bond acceptors (Lipinski definition) is 4. The average molecular weight is 488 g/mol. The standard InChI is InChI=1S/C20H32N4O2.HI/c1-21-20(24-11-9-17(14-24)15-25-2)23-13-16-8-10-22-19(12-16)26-18-6-4-3-5-7-18;/h8,10,12,17-18H,3-7,9,11,13-15H2,1-2H3,(H,21,23);1H. The highest BCUT2D eigenvalue weighted by Crippen LogP contribution is 2.22. The highest BCUT2D eigenvalue weighted by atomic mass is 127. The Labute approximate surface area is 180 Å². The van der Waals surface area contributed by atoms with Crippen LogP contribution in [0.5, 0.6) is 5.88 Å². The number of ether oxygens (including phenoxy) is 2. The number of aromatic nitrogens is 1. The summed E-state index contributed by atoms with van der Waals surface area (Å²) in [5, 5.41) is 3.47. The molecule has 0 amide bonds. The third-order valence-corrected chi connectivity index (χ3v) is 5.29. The normalized spacial score (nSPS) is 21.0. The molecule has 7 heteroatoms. The molecule has 1 atom stereocenters. The Morgan fingerprint density at radius 3 is 2.85 bits per heavy atom. The van der Waals surface area contributed by atoms with Crippen molar-refractivity contribution in [2.24, 2.45) is 10.9 Å². The van der Waals surface area contributed by atoms with Crippen molar-refractivity contribution in [3.63, 3.8) is 0 Å². The van der Waals surface area contributed by atoms with E-state index < -0.39 is 0 Å². The van der Waals surface area contributed by atoms with E-state index in [0.717, 1.165) is 57.3 Å². The van der Waals surface area contributed by atoms with Crippen molar-refractivity contribution in [3.8, 4) is 5.88 Å². The van der Waals surface area contributed by atoms with Crippen LogP contribution in [0.25, 0.3) is 0 Å². The van der Waals surface area contributed by atoms with Gasteiger partial charge in [0, 0.05) is 52.0 Å². The predicted molar refractivity (Wildman–Crippen MR) is 119 cm³/mol. The van der Waals surface area contributed by atoms with Gasteiger partial charge in [0.15, 0.2) is 5.96 Å². The summed E-state index contributed by atoms with van der Waals surface area (Å²) in [5.41, 5.74) is 1.17. The van der Waals surface area contributed by atoms with Gasteiger partial charge in [-0.15, -0.1) is 24.0 Å². The Bertz CT molecular complexity index is 593. The Morgan fingerprint density at radius 1 is 1.30 bits per heavy atom. The molecule has 1 aromatic heterocycles. The molecule has 1 N–H and O–H groups in total. The SMILES string of the molecule is CN=C(NCc1ccnc(OC2CCCCC2)c1)N1CCC(COC)C1.I. The molecule has 2 heterocycles. The van der Waals surface area contributed by atoms with Crippen molar-refractivity contribution in [1.29, 1.82) is 0 Å². The van der Waals surface area contributed by atoms with Gasteiger partial charge in [0.25, 0.3) is 0 Å². The van der Waals surface area contributed by atoms with Crippen LogP contribution in [0.3, 0.4) is 0 Å². The molecular weight excluding hydrogens is 455 g/mol. The van der Waals surface area contributed by atoms with Crippen LogP contribution in [-0.2, 0) is 11.3 Å². The Kier molecular flexibility index (Phi) is 9.61. The van der Waals surface area contributed by atoms with Crippen molar-refractivity contribution in [2.75, 3.05) is 33.9 Å². The van der Waals surface area contributed by atoms with Gasteiger partial charge in [-0.2, -0.15) is 0 Å². The summed E-state index contributed by atoms with van der Waals surface area (Å²) in [6, 6.07) is 4.08. The minimum absolute atomic E-state index is 0. The quantitative estimate of drug-likeness (QED) is 0.378. The lowest BCUT2D eigenvalue weighted by Gasteiger charge is -2.23. The summed E-state index contributed by atoms with van der Waals surface area (Å²) in [7, 11) is 3.61. The van der Waals surface area contributed by atoms with Gasteiger partial charge in [0.2, 0.25) is 5.88 Å². The third-order valence-electron chi connectivity index (χ3n) is 5.29. The summed E-state index contributed by atoms with van der Waals surface area (Å²) in [6.07, 6.45) is 9.48. The first kappa shape index (κ1) is 22.2. The van der Waals surface area contributed by atoms with Crippen LogP contribution in [0.1, 0.15) is 44.1 Å². The van der Waals surface area contributed by atoms with Crippen molar-refractivity contribution in [1.82, 2.24) is 15.2 Å². The number of aliphatic imine (C=N–C) groups is 1. The second-order valence-electron chi connectivity index (χ2n) is 7.34. The molecule has 2 fully saturated rings. The number of nitrogens with zero attached hydrogens (tertiary/aromatic N) is 3. The maximum Gasteiger partial charge on any atom is 0.213 e. The number of halogens is 1. The van der Waals surface area contributed by atoms with Crippen LogP contribution in [0.2, 0.25) is 0 Å². The molecular formula is C20H33IN4O2. The molecule has 1 aliphatic carbocycles. The smallest absolute Gasteiger partial charge is 0.213 e. The lowest BCUT2D eigenvalue weighted by atomic mass is 9.98. The molecule has 6 nitrogen and oxygen atoms in total. The van der Waals surface area contributed by atoms with Gasteiger partial charge in [-0.1, -0.05) is 6.42 Å². The highest BCUT2D eigenvalue weighted by molar-refractivity contribution is 14.0. The van der Waals surface area contributed by atoms with E-state index in [1.165, 1.54) is 24.8 Å². The van der Waals surface area contributed by atoms with E-state index in [1.54, 1.807) is 7.11 Å². The average Bonchev–Trinajstić information content (AvgIpc) is 3.12. The maximum atomic E-state index is 6.08. The van der Waals surface area contributed by atoms with E-state index in [1.807, 2.05) is 25.4 Å². The molecule has 27 heavy (non-hydrogen) atoms. The van der Waals surface area contributed by atoms with Crippen molar-refractivity contribution in [3.05, 3.63) is 23.9 Å². The second-order valence-corrected chi connectivity index (χ2v) is 7.34. The molecule has 1 saturated carbocycles. The fourth-order valence-electron chi connectivity index (χ4n) is 3.89. The molecule has 1 unspecified atom stereocenters. The Hall–Kier alpha value is -1.09. The van der Waals surface area contributed by atoms with Crippen LogP contribution < -0.4 is 10.1 Å². The van der Waals surface area contributed by atoms with Crippen molar-refractivity contribution < 1.29 is 9.47 Å². The Morgan fingerprint density at radius 2 is 2.11 bits per heavy atom. The van der Waals surface area contributed by atoms with Crippen LogP contribution in [0, 0.1) is 5.92 Å². The number of likely N-dealkylation sites (tertiary alicyclic amines) is 1. The number of hydrogen-bond donors (Lipinski definition) is 1. The van der Waals surface area contributed by atoms with Gasteiger partial charge in [-0.05, 0) is 43.7 Å². The first-order valence-electron chi connectivity index (χ1n) is 9.84. The minimum Gasteiger partial charge on any atom is -0.474 e. The number of methoxy groups -OCH3 is 1. The second kappa shape index (κ2) is 11.7. The van der Waals surface area contributed by atoms with Gasteiger partial charge in [-0.3, -0.25) is 4.99 Å². The number of rotatable bonds is 6. The zero-order valence-corrected chi connectivity index (χ0v) is 18.9. The van der Waals surface area contributed by atoms with Crippen LogP contribution in [0.15, 0.2) is 23.3 Å². The fourth-order valence-corrected chi connectivity index (χ4v) is 3.89. The van der Waals surface area contributed by atoms with E-state index in [0.29, 0.717) is 12.0 Å². The van der Waals surface area contributed by atoms with E-state index in [9.17, 15) is 0 Å². The molecule has 1 aromatic rings. The molecule has 152 valence electrons. The largest absolute Gasteiger partial charge is 0.474 e. The van der Waals surface area contributed by atoms with Gasteiger partial charge < -0.3 is 19.7 Å². The monoisotopic (exact) mass is 488 g/mol. The number of nitrogens with one attached hydrogen (secondary N) is 1. The van der Waals surface area contributed by atoms with E-state index in [2.05, 4.69) is 20.2 Å². The molecule has 3 rings (SSSR count). The first-order chi connectivity index (χ1) is 12.8. The van der Waals surface area contributed by atoms with Gasteiger partial charge in [0.1, 0.15) is 6.10 Å². The predicted octanol–water partition coefficient (Wildman–Crippen LogP) is 3.45.